The maximum Gasteiger partial charge on any atom is 0.328 e. The lowest BCUT2D eigenvalue weighted by atomic mass is 10.0. The van der Waals surface area contributed by atoms with E-state index in [-0.39, 0.29) is 5.92 Å². The van der Waals surface area contributed by atoms with Crippen molar-refractivity contribution in [1.29, 1.82) is 0 Å². The SMILES string of the molecule is CC(c1ccccc1)c1nnnn1C(C)C(=O)O. The molecule has 6 nitrogen and oxygen atoms in total. The zero-order valence-corrected chi connectivity index (χ0v) is 10.2. The molecule has 0 amide bonds. The molecule has 0 aliphatic heterocycles. The molecular weight excluding hydrogens is 232 g/mol. The fraction of sp³-hybridized carbons (Fsp3) is 0.333. The van der Waals surface area contributed by atoms with E-state index in [9.17, 15) is 4.79 Å². The summed E-state index contributed by atoms with van der Waals surface area (Å²) in [6.07, 6.45) is 0. The van der Waals surface area contributed by atoms with E-state index >= 15 is 0 Å². The first-order valence-corrected chi connectivity index (χ1v) is 5.66. The van der Waals surface area contributed by atoms with Crippen LogP contribution in [0.5, 0.6) is 0 Å². The number of nitrogens with zero attached hydrogens (tertiary/aromatic N) is 4. The van der Waals surface area contributed by atoms with Crippen LogP contribution in [0, 0.1) is 0 Å². The zero-order valence-electron chi connectivity index (χ0n) is 10.2. The number of aliphatic carboxylic acids is 1. The van der Waals surface area contributed by atoms with E-state index in [0.29, 0.717) is 5.82 Å². The minimum atomic E-state index is -0.955. The van der Waals surface area contributed by atoms with Crippen molar-refractivity contribution in [2.75, 3.05) is 0 Å². The molecule has 0 spiro atoms. The van der Waals surface area contributed by atoms with Crippen molar-refractivity contribution >= 4 is 5.97 Å². The van der Waals surface area contributed by atoms with Crippen molar-refractivity contribution in [1.82, 2.24) is 20.2 Å². The van der Waals surface area contributed by atoms with Crippen LogP contribution in [0.2, 0.25) is 0 Å². The first kappa shape index (κ1) is 12.2. The number of hydrogen-bond donors (Lipinski definition) is 1. The van der Waals surface area contributed by atoms with Gasteiger partial charge < -0.3 is 5.11 Å². The monoisotopic (exact) mass is 246 g/mol. The number of aromatic nitrogens is 4. The van der Waals surface area contributed by atoms with Crippen molar-refractivity contribution < 1.29 is 9.90 Å². The molecule has 0 aliphatic rings. The molecule has 0 aliphatic carbocycles. The Labute approximate surface area is 104 Å². The van der Waals surface area contributed by atoms with Crippen LogP contribution in [0.25, 0.3) is 0 Å². The molecule has 0 saturated carbocycles. The van der Waals surface area contributed by atoms with E-state index in [2.05, 4.69) is 15.5 Å². The van der Waals surface area contributed by atoms with Crippen LogP contribution in [0.1, 0.15) is 37.2 Å². The van der Waals surface area contributed by atoms with Crippen LogP contribution in [0.15, 0.2) is 30.3 Å². The molecule has 18 heavy (non-hydrogen) atoms. The van der Waals surface area contributed by atoms with Crippen LogP contribution in [0.4, 0.5) is 0 Å². The number of hydrogen-bond acceptors (Lipinski definition) is 4. The standard InChI is InChI=1S/C12H14N4O2/c1-8(10-6-4-3-5-7-10)11-13-14-15-16(11)9(2)12(17)18/h3-9H,1-2H3,(H,17,18). The Hall–Kier alpha value is -2.24. The van der Waals surface area contributed by atoms with Crippen LogP contribution < -0.4 is 0 Å². The summed E-state index contributed by atoms with van der Waals surface area (Å²) >= 11 is 0. The zero-order chi connectivity index (χ0) is 13.1. The van der Waals surface area contributed by atoms with Gasteiger partial charge in [0, 0.05) is 5.92 Å². The highest BCUT2D eigenvalue weighted by Gasteiger charge is 2.23. The van der Waals surface area contributed by atoms with Crippen molar-refractivity contribution in [2.24, 2.45) is 0 Å². The van der Waals surface area contributed by atoms with Gasteiger partial charge in [-0.25, -0.2) is 9.48 Å². The highest BCUT2D eigenvalue weighted by atomic mass is 16.4. The van der Waals surface area contributed by atoms with E-state index < -0.39 is 12.0 Å². The molecule has 0 saturated heterocycles. The van der Waals surface area contributed by atoms with E-state index in [4.69, 9.17) is 5.11 Å². The van der Waals surface area contributed by atoms with Gasteiger partial charge in [0.2, 0.25) is 0 Å². The van der Waals surface area contributed by atoms with E-state index in [1.54, 1.807) is 6.92 Å². The molecule has 1 aromatic carbocycles. The van der Waals surface area contributed by atoms with Gasteiger partial charge >= 0.3 is 5.97 Å². The smallest absolute Gasteiger partial charge is 0.328 e. The third kappa shape index (κ3) is 2.22. The predicted octanol–water partition coefficient (Wildman–Crippen LogP) is 1.47. The Kier molecular flexibility index (Phi) is 3.36. The van der Waals surface area contributed by atoms with Crippen molar-refractivity contribution in [3.05, 3.63) is 41.7 Å². The second-order valence-electron chi connectivity index (χ2n) is 4.13. The first-order chi connectivity index (χ1) is 8.61. The van der Waals surface area contributed by atoms with Gasteiger partial charge in [0.15, 0.2) is 5.82 Å². The Morgan fingerprint density at radius 3 is 2.56 bits per heavy atom. The highest BCUT2D eigenvalue weighted by molar-refractivity contribution is 5.71. The molecule has 0 radical (unpaired) electrons. The molecular formula is C12H14N4O2. The maximum atomic E-state index is 11.0. The Morgan fingerprint density at radius 1 is 1.28 bits per heavy atom. The Morgan fingerprint density at radius 2 is 1.94 bits per heavy atom. The molecule has 1 heterocycles. The van der Waals surface area contributed by atoms with Gasteiger partial charge in [-0.2, -0.15) is 0 Å². The number of carbonyl (C=O) groups is 1. The number of tetrazole rings is 1. The largest absolute Gasteiger partial charge is 0.480 e. The lowest BCUT2D eigenvalue weighted by Crippen LogP contribution is -2.20. The summed E-state index contributed by atoms with van der Waals surface area (Å²) in [7, 11) is 0. The highest BCUT2D eigenvalue weighted by Crippen LogP contribution is 2.23. The summed E-state index contributed by atoms with van der Waals surface area (Å²) in [4.78, 5) is 11.0. The molecule has 94 valence electrons. The Bertz CT molecular complexity index is 538. The summed E-state index contributed by atoms with van der Waals surface area (Å²) in [6.45, 7) is 3.51. The quantitative estimate of drug-likeness (QED) is 0.883. The lowest BCUT2D eigenvalue weighted by Gasteiger charge is -2.14. The van der Waals surface area contributed by atoms with Crippen molar-refractivity contribution in [3.8, 4) is 0 Å². The molecule has 1 N–H and O–H groups in total. The van der Waals surface area contributed by atoms with E-state index in [1.807, 2.05) is 37.3 Å². The van der Waals surface area contributed by atoms with Gasteiger partial charge in [-0.1, -0.05) is 37.3 Å². The van der Waals surface area contributed by atoms with E-state index in [1.165, 1.54) is 4.68 Å². The average Bonchev–Trinajstić information content (AvgIpc) is 2.87. The molecule has 1 aromatic heterocycles. The molecule has 2 unspecified atom stereocenters. The predicted molar refractivity (Wildman–Crippen MR) is 64.1 cm³/mol. The van der Waals surface area contributed by atoms with Gasteiger partial charge in [-0.15, -0.1) is 5.10 Å². The third-order valence-corrected chi connectivity index (χ3v) is 2.93. The minimum Gasteiger partial charge on any atom is -0.480 e. The lowest BCUT2D eigenvalue weighted by molar-refractivity contribution is -0.140. The molecule has 2 aromatic rings. The summed E-state index contributed by atoms with van der Waals surface area (Å²) < 4.78 is 1.35. The molecule has 6 heteroatoms. The van der Waals surface area contributed by atoms with Crippen molar-refractivity contribution in [2.45, 2.75) is 25.8 Å². The van der Waals surface area contributed by atoms with Crippen LogP contribution >= 0.6 is 0 Å². The summed E-state index contributed by atoms with van der Waals surface area (Å²) in [5.41, 5.74) is 1.05. The number of rotatable bonds is 4. The molecule has 2 rings (SSSR count). The second-order valence-corrected chi connectivity index (χ2v) is 4.13. The topological polar surface area (TPSA) is 80.9 Å². The van der Waals surface area contributed by atoms with Crippen LogP contribution in [0.3, 0.4) is 0 Å². The third-order valence-electron chi connectivity index (χ3n) is 2.93. The fourth-order valence-electron chi connectivity index (χ4n) is 1.76. The second kappa shape index (κ2) is 4.95. The Balaban J connectivity index is 2.35. The van der Waals surface area contributed by atoms with Crippen molar-refractivity contribution in [3.63, 3.8) is 0 Å². The number of carboxylic acids is 1. The van der Waals surface area contributed by atoms with Gasteiger partial charge in [-0.05, 0) is 22.9 Å². The van der Waals surface area contributed by atoms with Gasteiger partial charge in [-0.3, -0.25) is 0 Å². The maximum absolute atomic E-state index is 11.0. The molecule has 2 atom stereocenters. The first-order valence-electron chi connectivity index (χ1n) is 5.66. The minimum absolute atomic E-state index is 0.0528. The van der Waals surface area contributed by atoms with Gasteiger partial charge in [0.1, 0.15) is 6.04 Å². The van der Waals surface area contributed by atoms with Gasteiger partial charge in [0.05, 0.1) is 0 Å². The summed E-state index contributed by atoms with van der Waals surface area (Å²) in [6, 6.07) is 8.95. The molecule has 0 bridgehead atoms. The normalized spacial score (nSPS) is 14.1. The number of benzene rings is 1. The summed E-state index contributed by atoms with van der Waals surface area (Å²) in [5, 5.41) is 20.3. The summed E-state index contributed by atoms with van der Waals surface area (Å²) in [5.74, 6) is -0.456. The van der Waals surface area contributed by atoms with Crippen LogP contribution in [-0.2, 0) is 4.79 Å². The molecule has 0 fully saturated rings. The average molecular weight is 246 g/mol. The number of carboxylic acid groups (broad SMARTS) is 1. The fourth-order valence-corrected chi connectivity index (χ4v) is 1.76. The van der Waals surface area contributed by atoms with E-state index in [0.717, 1.165) is 5.56 Å². The van der Waals surface area contributed by atoms with Crippen LogP contribution in [-0.4, -0.2) is 31.3 Å². The van der Waals surface area contributed by atoms with Gasteiger partial charge in [0.25, 0.3) is 0 Å².